The van der Waals surface area contributed by atoms with Gasteiger partial charge < -0.3 is 0 Å². The molecule has 0 spiro atoms. The van der Waals surface area contributed by atoms with Crippen molar-refractivity contribution in [2.45, 2.75) is 6.42 Å². The maximum atomic E-state index is 12.0. The number of Topliss-reactive ketones (excluding diaryl/α,β-unsaturated/α-hetero) is 1. The lowest BCUT2D eigenvalue weighted by molar-refractivity contribution is 0.0994. The van der Waals surface area contributed by atoms with Crippen molar-refractivity contribution in [1.29, 1.82) is 0 Å². The number of hydrogen-bond donors (Lipinski definition) is 0. The molecule has 0 saturated heterocycles. The molecule has 1 aromatic heterocycles. The van der Waals surface area contributed by atoms with E-state index in [0.29, 0.717) is 6.42 Å². The molecule has 0 aliphatic heterocycles. The number of allylic oxidation sites excluding steroid dienone is 1. The summed E-state index contributed by atoms with van der Waals surface area (Å²) in [5.41, 5.74) is 2.70. The van der Waals surface area contributed by atoms with E-state index < -0.39 is 0 Å². The summed E-state index contributed by atoms with van der Waals surface area (Å²) >= 11 is 0. The summed E-state index contributed by atoms with van der Waals surface area (Å²) in [6.45, 7) is 0. The average Bonchev–Trinajstić information content (AvgIpc) is 2.47. The third kappa shape index (κ3) is 1.43. The maximum absolute atomic E-state index is 12.0. The molecule has 0 atom stereocenters. The van der Waals surface area contributed by atoms with Gasteiger partial charge in [-0.3, -0.25) is 9.78 Å². The topological polar surface area (TPSA) is 30.0 Å². The highest BCUT2D eigenvalue weighted by molar-refractivity contribution is 6.15. The highest BCUT2D eigenvalue weighted by Gasteiger charge is 2.17. The van der Waals surface area contributed by atoms with Crippen molar-refractivity contribution in [3.63, 3.8) is 0 Å². The number of carbonyl (C=O) groups is 1. The largest absolute Gasteiger partial charge is 0.294 e. The molecular weight excluding hydrogens is 234 g/mol. The lowest BCUT2D eigenvalue weighted by Gasteiger charge is -2.13. The van der Waals surface area contributed by atoms with Crippen molar-refractivity contribution in [2.24, 2.45) is 0 Å². The number of nitrogens with zero attached hydrogens (tertiary/aromatic N) is 1. The first-order valence-corrected chi connectivity index (χ1v) is 6.35. The Labute approximate surface area is 110 Å². The molecular formula is C17H11NO. The summed E-state index contributed by atoms with van der Waals surface area (Å²) in [6.07, 6.45) is 6.17. The fourth-order valence-corrected chi connectivity index (χ4v) is 2.78. The van der Waals surface area contributed by atoms with Crippen LogP contribution >= 0.6 is 0 Å². The number of rotatable bonds is 0. The summed E-state index contributed by atoms with van der Waals surface area (Å²) in [7, 11) is 0. The van der Waals surface area contributed by atoms with Crippen LogP contribution in [0, 0.1) is 0 Å². The molecule has 4 rings (SSSR count). The van der Waals surface area contributed by atoms with Gasteiger partial charge in [0.25, 0.3) is 0 Å². The number of ketones is 1. The summed E-state index contributed by atoms with van der Waals surface area (Å²) in [5, 5.41) is 3.42. The predicted molar refractivity (Wildman–Crippen MR) is 77.2 cm³/mol. The van der Waals surface area contributed by atoms with Gasteiger partial charge >= 0.3 is 0 Å². The summed E-state index contributed by atoms with van der Waals surface area (Å²) in [5.74, 6) is 0.153. The Hall–Kier alpha value is -2.48. The maximum Gasteiger partial charge on any atom is 0.168 e. The van der Waals surface area contributed by atoms with Crippen LogP contribution in [-0.2, 0) is 0 Å². The quantitative estimate of drug-likeness (QED) is 0.560. The van der Waals surface area contributed by atoms with Crippen molar-refractivity contribution < 1.29 is 4.79 Å². The molecule has 1 aliphatic carbocycles. The Bertz CT molecular complexity index is 862. The Kier molecular flexibility index (Phi) is 2.06. The first kappa shape index (κ1) is 10.4. The summed E-state index contributed by atoms with van der Waals surface area (Å²) in [4.78, 5) is 16.4. The van der Waals surface area contributed by atoms with Crippen LogP contribution in [-0.4, -0.2) is 10.8 Å². The number of pyridine rings is 1. The third-order valence-corrected chi connectivity index (χ3v) is 3.69. The van der Waals surface area contributed by atoms with Gasteiger partial charge in [0.05, 0.1) is 5.52 Å². The normalized spacial score (nSPS) is 14.0. The van der Waals surface area contributed by atoms with E-state index >= 15 is 0 Å². The minimum Gasteiger partial charge on any atom is -0.294 e. The lowest BCUT2D eigenvalue weighted by atomic mass is 9.92. The minimum atomic E-state index is 0.153. The van der Waals surface area contributed by atoms with Crippen molar-refractivity contribution in [3.05, 3.63) is 59.8 Å². The Balaban J connectivity index is 2.27. The monoisotopic (exact) mass is 245 g/mol. The van der Waals surface area contributed by atoms with Gasteiger partial charge in [-0.15, -0.1) is 0 Å². The molecule has 1 heterocycles. The SMILES string of the molecule is O=C1CC=Cc2c1cnc1ccc3ccccc3c21. The highest BCUT2D eigenvalue weighted by atomic mass is 16.1. The van der Waals surface area contributed by atoms with E-state index in [9.17, 15) is 4.79 Å². The van der Waals surface area contributed by atoms with Crippen molar-refractivity contribution in [3.8, 4) is 0 Å². The van der Waals surface area contributed by atoms with Gasteiger partial charge in [-0.2, -0.15) is 0 Å². The molecule has 2 nitrogen and oxygen atoms in total. The van der Waals surface area contributed by atoms with Crippen LogP contribution in [0.15, 0.2) is 48.7 Å². The standard InChI is InChI=1S/C17H11NO/c19-16-7-3-6-13-14(16)10-18-15-9-8-11-4-1-2-5-12(11)17(13)15/h1-6,8-10H,7H2. The van der Waals surface area contributed by atoms with E-state index in [2.05, 4.69) is 23.2 Å². The van der Waals surface area contributed by atoms with Gasteiger partial charge in [0, 0.05) is 23.6 Å². The highest BCUT2D eigenvalue weighted by Crippen LogP contribution is 2.32. The average molecular weight is 245 g/mol. The van der Waals surface area contributed by atoms with E-state index in [1.165, 1.54) is 5.39 Å². The Morgan fingerprint density at radius 2 is 1.95 bits per heavy atom. The van der Waals surface area contributed by atoms with E-state index in [4.69, 9.17) is 0 Å². The lowest BCUT2D eigenvalue weighted by Crippen LogP contribution is -2.05. The molecule has 3 aromatic rings. The molecule has 0 saturated carbocycles. The molecule has 0 unspecified atom stereocenters. The number of aromatic nitrogens is 1. The zero-order chi connectivity index (χ0) is 12.8. The van der Waals surface area contributed by atoms with Gasteiger partial charge in [-0.05, 0) is 22.4 Å². The van der Waals surface area contributed by atoms with Crippen LogP contribution in [0.1, 0.15) is 22.3 Å². The van der Waals surface area contributed by atoms with E-state index in [-0.39, 0.29) is 5.78 Å². The van der Waals surface area contributed by atoms with Crippen molar-refractivity contribution in [2.75, 3.05) is 0 Å². The second kappa shape index (κ2) is 3.75. The minimum absolute atomic E-state index is 0.153. The zero-order valence-electron chi connectivity index (χ0n) is 10.3. The fourth-order valence-electron chi connectivity index (χ4n) is 2.78. The second-order valence-corrected chi connectivity index (χ2v) is 4.80. The smallest absolute Gasteiger partial charge is 0.168 e. The molecule has 90 valence electrons. The van der Waals surface area contributed by atoms with Crippen LogP contribution in [0.3, 0.4) is 0 Å². The third-order valence-electron chi connectivity index (χ3n) is 3.69. The van der Waals surface area contributed by atoms with Crippen LogP contribution in [0.25, 0.3) is 27.8 Å². The number of benzene rings is 2. The summed E-state index contributed by atoms with van der Waals surface area (Å²) in [6, 6.07) is 12.3. The molecule has 19 heavy (non-hydrogen) atoms. The van der Waals surface area contributed by atoms with Crippen LogP contribution in [0.5, 0.6) is 0 Å². The van der Waals surface area contributed by atoms with Gasteiger partial charge in [0.1, 0.15) is 0 Å². The Morgan fingerprint density at radius 1 is 1.05 bits per heavy atom. The zero-order valence-corrected chi connectivity index (χ0v) is 10.3. The number of carbonyl (C=O) groups excluding carboxylic acids is 1. The van der Waals surface area contributed by atoms with Crippen LogP contribution in [0.2, 0.25) is 0 Å². The molecule has 1 aliphatic rings. The van der Waals surface area contributed by atoms with Gasteiger partial charge in [-0.25, -0.2) is 0 Å². The predicted octanol–water partition coefficient (Wildman–Crippen LogP) is 3.99. The Morgan fingerprint density at radius 3 is 2.89 bits per heavy atom. The first-order valence-electron chi connectivity index (χ1n) is 6.35. The van der Waals surface area contributed by atoms with E-state index in [1.54, 1.807) is 6.20 Å². The number of fused-ring (bicyclic) bond motifs is 5. The van der Waals surface area contributed by atoms with Crippen LogP contribution < -0.4 is 0 Å². The second-order valence-electron chi connectivity index (χ2n) is 4.80. The molecule has 2 aromatic carbocycles. The van der Waals surface area contributed by atoms with E-state index in [1.807, 2.05) is 30.4 Å². The van der Waals surface area contributed by atoms with Gasteiger partial charge in [0.15, 0.2) is 5.78 Å². The fraction of sp³-hybridized carbons (Fsp3) is 0.0588. The first-order chi connectivity index (χ1) is 9.34. The van der Waals surface area contributed by atoms with E-state index in [0.717, 1.165) is 27.4 Å². The van der Waals surface area contributed by atoms with Crippen molar-refractivity contribution >= 4 is 33.5 Å². The van der Waals surface area contributed by atoms with Crippen LogP contribution in [0.4, 0.5) is 0 Å². The van der Waals surface area contributed by atoms with Gasteiger partial charge in [0.2, 0.25) is 0 Å². The molecule has 0 bridgehead atoms. The van der Waals surface area contributed by atoms with Gasteiger partial charge in [-0.1, -0.05) is 42.5 Å². The van der Waals surface area contributed by atoms with Crippen molar-refractivity contribution in [1.82, 2.24) is 4.98 Å². The molecule has 2 heteroatoms. The summed E-state index contributed by atoms with van der Waals surface area (Å²) < 4.78 is 0. The molecule has 0 N–H and O–H groups in total. The molecule has 0 amide bonds. The number of hydrogen-bond acceptors (Lipinski definition) is 2. The molecule has 0 fully saturated rings. The molecule has 0 radical (unpaired) electrons.